The summed E-state index contributed by atoms with van der Waals surface area (Å²) in [4.78, 5) is 53.1. The van der Waals surface area contributed by atoms with Crippen LogP contribution in [-0.2, 0) is 25.5 Å². The van der Waals surface area contributed by atoms with Gasteiger partial charge in [0.05, 0.1) is 6.42 Å². The highest BCUT2D eigenvalue weighted by Crippen LogP contribution is 2.26. The van der Waals surface area contributed by atoms with E-state index < -0.39 is 48.1 Å². The summed E-state index contributed by atoms with van der Waals surface area (Å²) in [6.45, 7) is 14.6. The average molecular weight is 505 g/mol. The first-order valence-electron chi connectivity index (χ1n) is 12.7. The summed E-state index contributed by atoms with van der Waals surface area (Å²) in [6, 6.07) is 4.72. The average Bonchev–Trinajstić information content (AvgIpc) is 2.74. The topological polar surface area (TPSA) is 131 Å². The van der Waals surface area contributed by atoms with Gasteiger partial charge in [0.1, 0.15) is 17.7 Å². The van der Waals surface area contributed by atoms with E-state index in [1.54, 1.807) is 34.6 Å². The molecule has 3 atom stereocenters. The van der Waals surface area contributed by atoms with Gasteiger partial charge in [-0.15, -0.1) is 0 Å². The summed E-state index contributed by atoms with van der Waals surface area (Å²) >= 11 is 0. The number of alkyl carbamates (subject to hydrolysis) is 1. The van der Waals surface area contributed by atoms with Crippen molar-refractivity contribution in [1.29, 1.82) is 0 Å². The number of carbonyl (C=O) groups is 4. The molecule has 3 unspecified atom stereocenters. The smallest absolute Gasteiger partial charge is 0.408 e. The minimum atomic E-state index is -1.29. The number of amides is 4. The van der Waals surface area contributed by atoms with E-state index in [4.69, 9.17) is 10.5 Å². The molecule has 0 heterocycles. The minimum Gasteiger partial charge on any atom is -0.444 e. The third-order valence-electron chi connectivity index (χ3n) is 5.55. The van der Waals surface area contributed by atoms with Crippen molar-refractivity contribution in [3.8, 4) is 0 Å². The SMILES string of the molecule is CCCC(C)NC(=O)C(c1ccc(CC)cc1)N(C(=O)C(CC(N)=O)NC(=O)OC(C)(C)C)C(C)C. The molecule has 1 aromatic rings. The van der Waals surface area contributed by atoms with Crippen molar-refractivity contribution in [1.82, 2.24) is 15.5 Å². The minimum absolute atomic E-state index is 0.0923. The highest BCUT2D eigenvalue weighted by atomic mass is 16.6. The third kappa shape index (κ3) is 9.87. The lowest BCUT2D eigenvalue weighted by molar-refractivity contribution is -0.145. The first-order chi connectivity index (χ1) is 16.7. The van der Waals surface area contributed by atoms with E-state index in [1.807, 2.05) is 45.0 Å². The van der Waals surface area contributed by atoms with Gasteiger partial charge in [0.25, 0.3) is 0 Å². The van der Waals surface area contributed by atoms with Crippen molar-refractivity contribution in [2.75, 3.05) is 0 Å². The van der Waals surface area contributed by atoms with Gasteiger partial charge in [-0.05, 0) is 65.5 Å². The Hall–Kier alpha value is -3.10. The number of benzene rings is 1. The predicted octanol–water partition coefficient (Wildman–Crippen LogP) is 3.60. The maximum atomic E-state index is 13.8. The molecule has 0 aromatic heterocycles. The van der Waals surface area contributed by atoms with Crippen LogP contribution < -0.4 is 16.4 Å². The number of nitrogens with zero attached hydrogens (tertiary/aromatic N) is 1. The van der Waals surface area contributed by atoms with E-state index in [1.165, 1.54) is 4.90 Å². The van der Waals surface area contributed by atoms with Gasteiger partial charge in [-0.3, -0.25) is 14.4 Å². The Bertz CT molecular complexity index is 892. The summed E-state index contributed by atoms with van der Waals surface area (Å²) in [7, 11) is 0. The molecule has 0 radical (unpaired) electrons. The van der Waals surface area contributed by atoms with Crippen LogP contribution in [0.25, 0.3) is 0 Å². The maximum absolute atomic E-state index is 13.8. The van der Waals surface area contributed by atoms with Gasteiger partial charge in [-0.2, -0.15) is 0 Å². The highest BCUT2D eigenvalue weighted by molar-refractivity contribution is 5.94. The predicted molar refractivity (Wildman–Crippen MR) is 140 cm³/mol. The number of hydrogen-bond donors (Lipinski definition) is 3. The molecule has 0 fully saturated rings. The van der Waals surface area contributed by atoms with Crippen LogP contribution in [0.1, 0.15) is 91.8 Å². The molecule has 36 heavy (non-hydrogen) atoms. The molecule has 0 aliphatic heterocycles. The van der Waals surface area contributed by atoms with Crippen LogP contribution >= 0.6 is 0 Å². The fourth-order valence-electron chi connectivity index (χ4n) is 3.91. The van der Waals surface area contributed by atoms with Crippen molar-refractivity contribution in [3.05, 3.63) is 35.4 Å². The van der Waals surface area contributed by atoms with Crippen molar-refractivity contribution in [3.63, 3.8) is 0 Å². The van der Waals surface area contributed by atoms with Crippen LogP contribution in [-0.4, -0.2) is 52.4 Å². The van der Waals surface area contributed by atoms with Crippen LogP contribution in [0, 0.1) is 0 Å². The first-order valence-corrected chi connectivity index (χ1v) is 12.7. The van der Waals surface area contributed by atoms with E-state index in [-0.39, 0.29) is 11.9 Å². The van der Waals surface area contributed by atoms with Crippen molar-refractivity contribution < 1.29 is 23.9 Å². The van der Waals surface area contributed by atoms with E-state index in [9.17, 15) is 19.2 Å². The Balaban J connectivity index is 3.48. The van der Waals surface area contributed by atoms with Crippen LogP contribution in [0.3, 0.4) is 0 Å². The zero-order chi connectivity index (χ0) is 27.6. The zero-order valence-electron chi connectivity index (χ0n) is 23.0. The molecule has 1 aromatic carbocycles. The number of aryl methyl sites for hydroxylation is 1. The Kier molecular flexibility index (Phi) is 11.9. The van der Waals surface area contributed by atoms with Crippen LogP contribution in [0.4, 0.5) is 4.79 Å². The second kappa shape index (κ2) is 13.8. The zero-order valence-corrected chi connectivity index (χ0v) is 23.0. The number of nitrogens with two attached hydrogens (primary N) is 1. The van der Waals surface area contributed by atoms with Crippen LogP contribution in [0.5, 0.6) is 0 Å². The first kappa shape index (κ1) is 30.9. The molecule has 0 aliphatic rings. The number of rotatable bonds is 12. The summed E-state index contributed by atoms with van der Waals surface area (Å²) in [5.74, 6) is -1.70. The maximum Gasteiger partial charge on any atom is 0.408 e. The Morgan fingerprint density at radius 3 is 2.03 bits per heavy atom. The Morgan fingerprint density at radius 1 is 1.00 bits per heavy atom. The van der Waals surface area contributed by atoms with Gasteiger partial charge >= 0.3 is 6.09 Å². The molecule has 9 heteroatoms. The molecule has 0 saturated heterocycles. The third-order valence-corrected chi connectivity index (χ3v) is 5.55. The molecule has 0 aliphatic carbocycles. The Morgan fingerprint density at radius 2 is 1.58 bits per heavy atom. The highest BCUT2D eigenvalue weighted by Gasteiger charge is 2.38. The monoisotopic (exact) mass is 504 g/mol. The number of ether oxygens (including phenoxy) is 1. The summed E-state index contributed by atoms with van der Waals surface area (Å²) in [5, 5.41) is 5.49. The van der Waals surface area contributed by atoms with E-state index in [2.05, 4.69) is 10.6 Å². The lowest BCUT2D eigenvalue weighted by atomic mass is 9.98. The standard InChI is InChI=1S/C27H44N4O5/c1-9-11-18(5)29-24(33)23(20-14-12-19(10-2)13-15-20)31(17(3)4)25(34)21(16-22(28)32)30-26(35)36-27(6,7)8/h12-15,17-18,21,23H,9-11,16H2,1-8H3,(H2,28,32)(H,29,33)(H,30,35). The van der Waals surface area contributed by atoms with Crippen molar-refractivity contribution in [2.24, 2.45) is 5.73 Å². The van der Waals surface area contributed by atoms with E-state index in [0.29, 0.717) is 5.56 Å². The van der Waals surface area contributed by atoms with Gasteiger partial charge < -0.3 is 26.0 Å². The van der Waals surface area contributed by atoms with Crippen LogP contribution in [0.15, 0.2) is 24.3 Å². The number of carbonyl (C=O) groups excluding carboxylic acids is 4. The molecular weight excluding hydrogens is 460 g/mol. The van der Waals surface area contributed by atoms with Crippen LogP contribution in [0.2, 0.25) is 0 Å². The molecule has 0 bridgehead atoms. The molecule has 0 spiro atoms. The molecule has 9 nitrogen and oxygen atoms in total. The number of hydrogen-bond acceptors (Lipinski definition) is 5. The van der Waals surface area contributed by atoms with E-state index in [0.717, 1.165) is 24.8 Å². The fourth-order valence-corrected chi connectivity index (χ4v) is 3.91. The summed E-state index contributed by atoms with van der Waals surface area (Å²) in [6.07, 6.45) is 1.22. The lowest BCUT2D eigenvalue weighted by Gasteiger charge is -2.37. The second-order valence-corrected chi connectivity index (χ2v) is 10.4. The van der Waals surface area contributed by atoms with Gasteiger partial charge in [0, 0.05) is 12.1 Å². The molecule has 4 N–H and O–H groups in total. The largest absolute Gasteiger partial charge is 0.444 e. The van der Waals surface area contributed by atoms with Crippen molar-refractivity contribution in [2.45, 2.75) is 111 Å². The van der Waals surface area contributed by atoms with Gasteiger partial charge in [0.2, 0.25) is 17.7 Å². The van der Waals surface area contributed by atoms with E-state index >= 15 is 0 Å². The molecule has 1 rings (SSSR count). The van der Waals surface area contributed by atoms with Gasteiger partial charge in [0.15, 0.2) is 0 Å². The quantitative estimate of drug-likeness (QED) is 0.400. The summed E-state index contributed by atoms with van der Waals surface area (Å²) in [5.41, 5.74) is 6.33. The molecular formula is C27H44N4O5. The second-order valence-electron chi connectivity index (χ2n) is 10.4. The molecule has 202 valence electrons. The van der Waals surface area contributed by atoms with Gasteiger partial charge in [-0.25, -0.2) is 4.79 Å². The fraction of sp³-hybridized carbons (Fsp3) is 0.630. The normalized spacial score (nSPS) is 13.9. The van der Waals surface area contributed by atoms with Crippen molar-refractivity contribution >= 4 is 23.8 Å². The number of primary amides is 1. The molecule has 0 saturated carbocycles. The Labute approximate surface area is 215 Å². The van der Waals surface area contributed by atoms with Gasteiger partial charge in [-0.1, -0.05) is 44.5 Å². The lowest BCUT2D eigenvalue weighted by Crippen LogP contribution is -2.56. The number of nitrogens with one attached hydrogen (secondary N) is 2. The summed E-state index contributed by atoms with van der Waals surface area (Å²) < 4.78 is 5.29. The molecule has 4 amide bonds.